The van der Waals surface area contributed by atoms with Crippen molar-refractivity contribution in [3.05, 3.63) is 25.3 Å². The second-order valence-corrected chi connectivity index (χ2v) is 10.8. The minimum absolute atomic E-state index is 0.131. The lowest BCUT2D eigenvalue weighted by Gasteiger charge is -2.26. The van der Waals surface area contributed by atoms with Crippen molar-refractivity contribution in [1.29, 1.82) is 0 Å². The van der Waals surface area contributed by atoms with Gasteiger partial charge in [-0.15, -0.1) is 13.2 Å². The Balaban J connectivity index is 1.75. The lowest BCUT2D eigenvalue weighted by molar-refractivity contribution is -0.148. The zero-order chi connectivity index (χ0) is 26.7. The maximum absolute atomic E-state index is 12.7. The molecular weight excluding hydrogens is 456 g/mol. The van der Waals surface area contributed by atoms with Gasteiger partial charge < -0.3 is 30.0 Å². The largest absolute Gasteiger partial charge is 0.479 e. The van der Waals surface area contributed by atoms with Crippen LogP contribution in [0.2, 0.25) is 0 Å². The molecule has 4 atom stereocenters. The fraction of sp³-hybridized carbons (Fsp3) is 0.680. The molecule has 0 bridgehead atoms. The Morgan fingerprint density at radius 3 is 1.91 bits per heavy atom. The molecule has 10 nitrogen and oxygen atoms in total. The van der Waals surface area contributed by atoms with E-state index in [0.29, 0.717) is 25.7 Å². The number of ether oxygens (including phenoxy) is 3. The van der Waals surface area contributed by atoms with Crippen LogP contribution in [0.25, 0.3) is 0 Å². The summed E-state index contributed by atoms with van der Waals surface area (Å²) in [5.74, 6) is -2.21. The first kappa shape index (κ1) is 28.2. The summed E-state index contributed by atoms with van der Waals surface area (Å²) in [6, 6.07) is 0. The molecule has 10 heteroatoms. The van der Waals surface area contributed by atoms with Gasteiger partial charge in [-0.05, 0) is 66.7 Å². The molecule has 2 rings (SSSR count). The van der Waals surface area contributed by atoms with Crippen molar-refractivity contribution in [2.45, 2.75) is 89.0 Å². The van der Waals surface area contributed by atoms with E-state index in [1.54, 1.807) is 40.7 Å². The van der Waals surface area contributed by atoms with E-state index >= 15 is 0 Å². The number of hydrogen-bond donors (Lipinski definition) is 3. The Kier molecular flexibility index (Phi) is 8.29. The summed E-state index contributed by atoms with van der Waals surface area (Å²) in [5.41, 5.74) is -4.05. The van der Waals surface area contributed by atoms with Crippen molar-refractivity contribution in [1.82, 2.24) is 10.6 Å². The third-order valence-corrected chi connectivity index (χ3v) is 6.17. The number of amides is 2. The molecule has 0 saturated heterocycles. The van der Waals surface area contributed by atoms with E-state index in [4.69, 9.17) is 14.2 Å². The smallest absolute Gasteiger partial charge is 0.408 e. The Hall–Kier alpha value is -3.04. The Morgan fingerprint density at radius 2 is 1.43 bits per heavy atom. The van der Waals surface area contributed by atoms with Gasteiger partial charge in [0.05, 0.1) is 6.61 Å². The lowest BCUT2D eigenvalue weighted by atomic mass is 10.0. The van der Waals surface area contributed by atoms with Crippen molar-refractivity contribution in [2.24, 2.45) is 11.8 Å². The Morgan fingerprint density at radius 1 is 0.914 bits per heavy atom. The van der Waals surface area contributed by atoms with Gasteiger partial charge in [-0.2, -0.15) is 0 Å². The van der Waals surface area contributed by atoms with Gasteiger partial charge in [0.25, 0.3) is 0 Å². The zero-order valence-corrected chi connectivity index (χ0v) is 21.3. The number of carbonyl (C=O) groups excluding carboxylic acids is 3. The van der Waals surface area contributed by atoms with Crippen LogP contribution in [0.5, 0.6) is 0 Å². The van der Waals surface area contributed by atoms with Crippen molar-refractivity contribution in [3.8, 4) is 0 Å². The van der Waals surface area contributed by atoms with Gasteiger partial charge in [-0.1, -0.05) is 12.2 Å². The molecular formula is C25H38N2O8. The van der Waals surface area contributed by atoms with Crippen LogP contribution in [0.1, 0.15) is 66.7 Å². The van der Waals surface area contributed by atoms with Gasteiger partial charge in [0.1, 0.15) is 22.3 Å². The number of aliphatic carboxylic acids is 1. The molecule has 0 aromatic carbocycles. The van der Waals surface area contributed by atoms with Crippen LogP contribution < -0.4 is 10.6 Å². The van der Waals surface area contributed by atoms with E-state index in [0.717, 1.165) is 0 Å². The highest BCUT2D eigenvalue weighted by Gasteiger charge is 2.62. The fourth-order valence-corrected chi connectivity index (χ4v) is 3.96. The minimum atomic E-state index is -1.35. The monoisotopic (exact) mass is 494 g/mol. The quantitative estimate of drug-likeness (QED) is 0.161. The molecule has 0 spiro atoms. The molecule has 35 heavy (non-hydrogen) atoms. The molecule has 0 heterocycles. The van der Waals surface area contributed by atoms with E-state index in [1.165, 1.54) is 6.08 Å². The highest BCUT2D eigenvalue weighted by Crippen LogP contribution is 2.46. The SMILES string of the molecule is C=C[C@@H]1C[C@]1(NC(=O)OC(C)(C)CCCCOC(=O)[C@@]1(NC(=O)OC(C)(C)C)C[C@H]1C=C)C(=O)O. The number of unbranched alkanes of at least 4 members (excludes halogenated alkanes) is 1. The van der Waals surface area contributed by atoms with Crippen molar-refractivity contribution in [3.63, 3.8) is 0 Å². The van der Waals surface area contributed by atoms with Crippen LogP contribution in [-0.2, 0) is 23.8 Å². The van der Waals surface area contributed by atoms with Crippen LogP contribution in [0, 0.1) is 11.8 Å². The number of rotatable bonds is 12. The molecule has 196 valence electrons. The second kappa shape index (κ2) is 10.3. The van der Waals surface area contributed by atoms with Gasteiger partial charge in [-0.3, -0.25) is 0 Å². The molecule has 2 fully saturated rings. The molecule has 2 aliphatic carbocycles. The lowest BCUT2D eigenvalue weighted by Crippen LogP contribution is -2.47. The van der Waals surface area contributed by atoms with Gasteiger partial charge in [0, 0.05) is 11.8 Å². The van der Waals surface area contributed by atoms with E-state index in [-0.39, 0.29) is 24.9 Å². The maximum Gasteiger partial charge on any atom is 0.408 e. The standard InChI is InChI=1S/C25H38N2O8/c1-8-16-14-24(16,18(28)29)26-21(32)35-23(6,7)12-10-11-13-33-19(30)25(15-17(25)9-2)27-20(31)34-22(3,4)5/h8-9,16-17H,1-2,10-15H2,3-7H3,(H,26,32)(H,27,31)(H,28,29)/t16-,17-,24-,25-/m1/s1. The molecule has 0 unspecified atom stereocenters. The van der Waals surface area contributed by atoms with Crippen molar-refractivity contribution in [2.75, 3.05) is 6.61 Å². The summed E-state index contributed by atoms with van der Waals surface area (Å²) in [4.78, 5) is 48.6. The molecule has 0 aromatic heterocycles. The van der Waals surface area contributed by atoms with Gasteiger partial charge >= 0.3 is 24.1 Å². The van der Waals surface area contributed by atoms with E-state index in [1.807, 2.05) is 0 Å². The van der Waals surface area contributed by atoms with Gasteiger partial charge in [-0.25, -0.2) is 19.2 Å². The number of esters is 1. The average Bonchev–Trinajstić information content (AvgIpc) is 3.60. The maximum atomic E-state index is 12.7. The number of hydrogen-bond acceptors (Lipinski definition) is 7. The first-order chi connectivity index (χ1) is 16.1. The van der Waals surface area contributed by atoms with E-state index in [2.05, 4.69) is 23.8 Å². The Labute approximate surface area is 206 Å². The fourth-order valence-electron chi connectivity index (χ4n) is 3.96. The Bertz CT molecular complexity index is 877. The predicted octanol–water partition coefficient (Wildman–Crippen LogP) is 3.70. The second-order valence-electron chi connectivity index (χ2n) is 10.8. The summed E-state index contributed by atoms with van der Waals surface area (Å²) in [6.07, 6.45) is 3.88. The third kappa shape index (κ3) is 7.22. The molecule has 2 amide bonds. The number of carbonyl (C=O) groups is 4. The highest BCUT2D eigenvalue weighted by molar-refractivity contribution is 5.90. The van der Waals surface area contributed by atoms with E-state index in [9.17, 15) is 24.3 Å². The first-order valence-corrected chi connectivity index (χ1v) is 11.8. The topological polar surface area (TPSA) is 140 Å². The number of alkyl carbamates (subject to hydrolysis) is 2. The molecule has 0 aromatic rings. The highest BCUT2D eigenvalue weighted by atomic mass is 16.6. The van der Waals surface area contributed by atoms with Crippen LogP contribution in [-0.4, -0.2) is 58.1 Å². The number of carboxylic acids is 1. The molecule has 2 aliphatic rings. The van der Waals surface area contributed by atoms with Crippen LogP contribution in [0.3, 0.4) is 0 Å². The summed E-state index contributed by atoms with van der Waals surface area (Å²) in [7, 11) is 0. The molecule has 2 saturated carbocycles. The van der Waals surface area contributed by atoms with E-state index < -0.39 is 46.4 Å². The van der Waals surface area contributed by atoms with Gasteiger partial charge in [0.15, 0.2) is 0 Å². The van der Waals surface area contributed by atoms with Crippen LogP contribution in [0.15, 0.2) is 25.3 Å². The summed E-state index contributed by atoms with van der Waals surface area (Å²) >= 11 is 0. The summed E-state index contributed by atoms with van der Waals surface area (Å²) in [6.45, 7) is 16.1. The number of nitrogens with one attached hydrogen (secondary N) is 2. The predicted molar refractivity (Wildman–Crippen MR) is 128 cm³/mol. The van der Waals surface area contributed by atoms with Crippen LogP contribution in [0.4, 0.5) is 9.59 Å². The molecule has 0 aliphatic heterocycles. The zero-order valence-electron chi connectivity index (χ0n) is 21.3. The van der Waals surface area contributed by atoms with Crippen molar-refractivity contribution < 1.29 is 38.5 Å². The molecule has 3 N–H and O–H groups in total. The summed E-state index contributed by atoms with van der Waals surface area (Å²) < 4.78 is 16.1. The number of carboxylic acid groups (broad SMARTS) is 1. The first-order valence-electron chi connectivity index (χ1n) is 11.8. The van der Waals surface area contributed by atoms with Crippen LogP contribution >= 0.6 is 0 Å². The molecule has 0 radical (unpaired) electrons. The van der Waals surface area contributed by atoms with Gasteiger partial charge in [0.2, 0.25) is 0 Å². The average molecular weight is 495 g/mol. The minimum Gasteiger partial charge on any atom is -0.479 e. The summed E-state index contributed by atoms with van der Waals surface area (Å²) in [5, 5.41) is 14.5. The van der Waals surface area contributed by atoms with Crippen molar-refractivity contribution >= 4 is 24.1 Å². The normalized spacial score (nSPS) is 27.1. The third-order valence-electron chi connectivity index (χ3n) is 6.17.